The van der Waals surface area contributed by atoms with Crippen LogP contribution in [-0.2, 0) is 26.0 Å². The minimum Gasteiger partial charge on any atom is -0.487 e. The highest BCUT2D eigenvalue weighted by molar-refractivity contribution is 6.32. The summed E-state index contributed by atoms with van der Waals surface area (Å²) in [4.78, 5) is 0. The van der Waals surface area contributed by atoms with E-state index in [4.69, 9.17) is 16.3 Å². The molecule has 2 aromatic rings. The van der Waals surface area contributed by atoms with Crippen LogP contribution in [0.25, 0.3) is 0 Å². The van der Waals surface area contributed by atoms with Crippen LogP contribution in [0, 0.1) is 0 Å². The third-order valence-electron chi connectivity index (χ3n) is 3.96. The molecule has 2 nitrogen and oxygen atoms in total. The fourth-order valence-corrected chi connectivity index (χ4v) is 3.16. The van der Waals surface area contributed by atoms with Gasteiger partial charge < -0.3 is 10.1 Å². The quantitative estimate of drug-likeness (QED) is 0.896. The lowest BCUT2D eigenvalue weighted by molar-refractivity contribution is 0.302. The highest BCUT2D eigenvalue weighted by Gasteiger charge is 2.12. The first kappa shape index (κ1) is 14.4. The average molecular weight is 302 g/mol. The van der Waals surface area contributed by atoms with E-state index in [9.17, 15) is 0 Å². The number of fused-ring (bicyclic) bond motifs is 1. The molecular formula is C18H20ClNO. The van der Waals surface area contributed by atoms with Crippen molar-refractivity contribution in [1.29, 1.82) is 0 Å². The van der Waals surface area contributed by atoms with Gasteiger partial charge in [0.15, 0.2) is 0 Å². The predicted octanol–water partition coefficient (Wildman–Crippen LogP) is 4.13. The Balaban J connectivity index is 1.76. The van der Waals surface area contributed by atoms with Crippen molar-refractivity contribution in [3.63, 3.8) is 0 Å². The highest BCUT2D eigenvalue weighted by atomic mass is 35.5. The maximum atomic E-state index is 6.27. The summed E-state index contributed by atoms with van der Waals surface area (Å²) in [6.45, 7) is 1.31. The minimum absolute atomic E-state index is 0.563. The molecule has 0 saturated carbocycles. The first-order valence-corrected chi connectivity index (χ1v) is 7.81. The van der Waals surface area contributed by atoms with E-state index in [2.05, 4.69) is 23.5 Å². The first-order chi connectivity index (χ1) is 10.3. The van der Waals surface area contributed by atoms with E-state index in [1.54, 1.807) is 0 Å². The number of para-hydroxylation sites is 1. The molecule has 110 valence electrons. The lowest BCUT2D eigenvalue weighted by Crippen LogP contribution is -2.08. The van der Waals surface area contributed by atoms with Gasteiger partial charge in [-0.05, 0) is 49.1 Å². The zero-order valence-corrected chi connectivity index (χ0v) is 13.0. The largest absolute Gasteiger partial charge is 0.487 e. The fourth-order valence-electron chi connectivity index (χ4n) is 2.92. The summed E-state index contributed by atoms with van der Waals surface area (Å²) in [5.74, 6) is 0.786. The fraction of sp³-hybridized carbons (Fsp3) is 0.333. The summed E-state index contributed by atoms with van der Waals surface area (Å²) in [6, 6.07) is 12.5. The molecule has 0 atom stereocenters. The molecule has 0 unspecified atom stereocenters. The Hall–Kier alpha value is -1.51. The van der Waals surface area contributed by atoms with Gasteiger partial charge in [-0.1, -0.05) is 41.9 Å². The van der Waals surface area contributed by atoms with Crippen molar-refractivity contribution in [2.75, 3.05) is 7.05 Å². The topological polar surface area (TPSA) is 21.3 Å². The van der Waals surface area contributed by atoms with E-state index in [0.29, 0.717) is 11.6 Å². The summed E-state index contributed by atoms with van der Waals surface area (Å²) in [7, 11) is 1.92. The zero-order chi connectivity index (χ0) is 14.7. The monoisotopic (exact) mass is 301 g/mol. The van der Waals surface area contributed by atoms with Crippen molar-refractivity contribution < 1.29 is 4.74 Å². The molecule has 0 spiro atoms. The van der Waals surface area contributed by atoms with Crippen LogP contribution >= 0.6 is 11.6 Å². The van der Waals surface area contributed by atoms with Crippen LogP contribution in [0.3, 0.4) is 0 Å². The van der Waals surface area contributed by atoms with Crippen LogP contribution in [0.2, 0.25) is 5.02 Å². The molecule has 0 aromatic heterocycles. The van der Waals surface area contributed by atoms with E-state index in [0.717, 1.165) is 17.9 Å². The Kier molecular flexibility index (Phi) is 4.47. The molecule has 3 heteroatoms. The number of ether oxygens (including phenoxy) is 1. The van der Waals surface area contributed by atoms with Gasteiger partial charge in [-0.15, -0.1) is 0 Å². The molecule has 0 bridgehead atoms. The molecule has 1 aliphatic rings. The van der Waals surface area contributed by atoms with Gasteiger partial charge in [0.25, 0.3) is 0 Å². The van der Waals surface area contributed by atoms with Crippen molar-refractivity contribution in [1.82, 2.24) is 5.32 Å². The molecule has 21 heavy (non-hydrogen) atoms. The van der Waals surface area contributed by atoms with Gasteiger partial charge in [-0.2, -0.15) is 0 Å². The lowest BCUT2D eigenvalue weighted by Gasteiger charge is -2.13. The normalized spacial score (nSPS) is 13.2. The van der Waals surface area contributed by atoms with E-state index >= 15 is 0 Å². The Morgan fingerprint density at radius 2 is 2.00 bits per heavy atom. The van der Waals surface area contributed by atoms with Crippen LogP contribution in [0.4, 0.5) is 0 Å². The standard InChI is InChI=1S/C18H20ClNO/c1-20-11-16-6-3-7-17(19)18(16)21-12-13-8-9-14-4-2-5-15(14)10-13/h3,6-10,20H,2,4-5,11-12H2,1H3. The lowest BCUT2D eigenvalue weighted by atomic mass is 10.1. The smallest absolute Gasteiger partial charge is 0.142 e. The Bertz CT molecular complexity index is 639. The third-order valence-corrected chi connectivity index (χ3v) is 4.26. The second-order valence-electron chi connectivity index (χ2n) is 5.50. The molecule has 0 saturated heterocycles. The molecule has 0 fully saturated rings. The number of hydrogen-bond acceptors (Lipinski definition) is 2. The molecule has 0 amide bonds. The van der Waals surface area contributed by atoms with Gasteiger partial charge in [0, 0.05) is 12.1 Å². The molecule has 0 heterocycles. The van der Waals surface area contributed by atoms with Gasteiger partial charge in [-0.25, -0.2) is 0 Å². The number of aryl methyl sites for hydroxylation is 2. The second kappa shape index (κ2) is 6.50. The molecule has 1 aliphatic carbocycles. The maximum absolute atomic E-state index is 6.27. The number of hydrogen-bond donors (Lipinski definition) is 1. The number of halogens is 1. The number of rotatable bonds is 5. The summed E-state index contributed by atoms with van der Waals surface area (Å²) in [6.07, 6.45) is 3.68. The SMILES string of the molecule is CNCc1cccc(Cl)c1OCc1ccc2c(c1)CCC2. The van der Waals surface area contributed by atoms with Gasteiger partial charge in [-0.3, -0.25) is 0 Å². The summed E-state index contributed by atoms with van der Waals surface area (Å²) in [5, 5.41) is 3.82. The molecule has 1 N–H and O–H groups in total. The summed E-state index contributed by atoms with van der Waals surface area (Å²) >= 11 is 6.27. The van der Waals surface area contributed by atoms with Crippen molar-refractivity contribution in [2.45, 2.75) is 32.4 Å². The molecule has 0 aliphatic heterocycles. The second-order valence-corrected chi connectivity index (χ2v) is 5.91. The van der Waals surface area contributed by atoms with E-state index in [1.807, 2.05) is 25.2 Å². The van der Waals surface area contributed by atoms with Crippen LogP contribution in [0.15, 0.2) is 36.4 Å². The minimum atomic E-state index is 0.563. The van der Waals surface area contributed by atoms with E-state index < -0.39 is 0 Å². The van der Waals surface area contributed by atoms with Crippen molar-refractivity contribution >= 4 is 11.6 Å². The van der Waals surface area contributed by atoms with Crippen molar-refractivity contribution in [2.24, 2.45) is 0 Å². The summed E-state index contributed by atoms with van der Waals surface area (Å²) < 4.78 is 5.99. The Morgan fingerprint density at radius 3 is 2.86 bits per heavy atom. The van der Waals surface area contributed by atoms with E-state index in [1.165, 1.54) is 36.0 Å². The van der Waals surface area contributed by atoms with Gasteiger partial charge in [0.05, 0.1) is 5.02 Å². The van der Waals surface area contributed by atoms with Crippen LogP contribution < -0.4 is 10.1 Å². The summed E-state index contributed by atoms with van der Waals surface area (Å²) in [5.41, 5.74) is 5.27. The first-order valence-electron chi connectivity index (χ1n) is 7.43. The number of nitrogens with one attached hydrogen (secondary N) is 1. The molecule has 3 rings (SSSR count). The van der Waals surface area contributed by atoms with Crippen molar-refractivity contribution in [3.8, 4) is 5.75 Å². The van der Waals surface area contributed by atoms with Gasteiger partial charge >= 0.3 is 0 Å². The van der Waals surface area contributed by atoms with E-state index in [-0.39, 0.29) is 0 Å². The van der Waals surface area contributed by atoms with Gasteiger partial charge in [0.2, 0.25) is 0 Å². The molecular weight excluding hydrogens is 282 g/mol. The van der Waals surface area contributed by atoms with Crippen LogP contribution in [0.1, 0.15) is 28.7 Å². The number of benzene rings is 2. The molecule has 0 radical (unpaired) electrons. The van der Waals surface area contributed by atoms with Crippen molar-refractivity contribution in [3.05, 3.63) is 63.7 Å². The molecule has 2 aromatic carbocycles. The third kappa shape index (κ3) is 3.22. The zero-order valence-electron chi connectivity index (χ0n) is 12.3. The average Bonchev–Trinajstić information content (AvgIpc) is 2.94. The highest BCUT2D eigenvalue weighted by Crippen LogP contribution is 2.30. The predicted molar refractivity (Wildman–Crippen MR) is 87.0 cm³/mol. The van der Waals surface area contributed by atoms with Gasteiger partial charge in [0.1, 0.15) is 12.4 Å². The maximum Gasteiger partial charge on any atom is 0.142 e. The van der Waals surface area contributed by atoms with Crippen LogP contribution in [0.5, 0.6) is 5.75 Å². The Labute approximate surface area is 131 Å². The van der Waals surface area contributed by atoms with Crippen LogP contribution in [-0.4, -0.2) is 7.05 Å². The Morgan fingerprint density at radius 1 is 1.14 bits per heavy atom.